The number of hydrogen-bond acceptors (Lipinski definition) is 4. The summed E-state index contributed by atoms with van der Waals surface area (Å²) in [6, 6.07) is 0. The normalized spacial score (nSPS) is 22.3. The van der Waals surface area contributed by atoms with E-state index in [1.54, 1.807) is 0 Å². The summed E-state index contributed by atoms with van der Waals surface area (Å²) in [5, 5.41) is 0. The topological polar surface area (TPSA) is 42.7 Å². The lowest BCUT2D eigenvalue weighted by molar-refractivity contribution is 0.0807. The summed E-state index contributed by atoms with van der Waals surface area (Å²) in [5.74, 6) is 1.19. The van der Waals surface area contributed by atoms with Crippen LogP contribution in [-0.4, -0.2) is 52.6 Å². The van der Waals surface area contributed by atoms with Gasteiger partial charge in [-0.15, -0.1) is 0 Å². The maximum atomic E-state index is 5.56. The van der Waals surface area contributed by atoms with Crippen LogP contribution < -0.4 is 0 Å². The molecule has 0 atom stereocenters. The highest BCUT2D eigenvalue weighted by Crippen LogP contribution is 2.38. The van der Waals surface area contributed by atoms with Crippen molar-refractivity contribution in [3.63, 3.8) is 0 Å². The van der Waals surface area contributed by atoms with Crippen LogP contribution in [0.1, 0.15) is 56.1 Å². The zero-order valence-corrected chi connectivity index (χ0v) is 14.9. The highest BCUT2D eigenvalue weighted by Gasteiger charge is 2.28. The Hall–Kier alpha value is -1.72. The van der Waals surface area contributed by atoms with E-state index in [1.807, 2.05) is 6.20 Å². The second-order valence-corrected chi connectivity index (χ2v) is 7.78. The van der Waals surface area contributed by atoms with Gasteiger partial charge in [-0.05, 0) is 57.3 Å². The molecule has 0 amide bonds. The average Bonchev–Trinajstić information content (AvgIpc) is 3.26. The van der Waals surface area contributed by atoms with E-state index >= 15 is 0 Å². The molecule has 2 aromatic heterocycles. The largest absolute Gasteiger partial charge is 0.381 e. The van der Waals surface area contributed by atoms with Crippen molar-refractivity contribution in [2.75, 3.05) is 33.4 Å². The number of fused-ring (bicyclic) bond motifs is 3. The Morgan fingerprint density at radius 2 is 1.85 bits per heavy atom. The van der Waals surface area contributed by atoms with Crippen molar-refractivity contribution in [1.29, 1.82) is 0 Å². The Labute approximate surface area is 156 Å². The molecule has 5 rings (SSSR count). The minimum Gasteiger partial charge on any atom is -0.381 e. The first-order valence-corrected chi connectivity index (χ1v) is 9.63. The van der Waals surface area contributed by atoms with E-state index in [2.05, 4.69) is 28.6 Å². The Kier molecular flexibility index (Phi) is 4.84. The van der Waals surface area contributed by atoms with Crippen molar-refractivity contribution in [2.45, 2.75) is 45.4 Å². The average molecular weight is 354 g/mol. The van der Waals surface area contributed by atoms with Gasteiger partial charge in [0.15, 0.2) is 5.65 Å². The predicted octanol–water partition coefficient (Wildman–Crippen LogP) is 3.54. The van der Waals surface area contributed by atoms with E-state index < -0.39 is 0 Å². The summed E-state index contributed by atoms with van der Waals surface area (Å²) in [7, 11) is 2.21. The fourth-order valence-corrected chi connectivity index (χ4v) is 4.65. The molecule has 2 saturated heterocycles. The Balaban J connectivity index is 0.00000168. The number of imidazole rings is 1. The number of nitrogens with zero attached hydrogens (tertiary/aromatic N) is 4. The number of piperidine rings is 1. The highest BCUT2D eigenvalue weighted by atomic mass is 16.5. The molecule has 5 nitrogen and oxygen atoms in total. The van der Waals surface area contributed by atoms with Gasteiger partial charge in [0, 0.05) is 31.7 Å². The molecule has 0 spiro atoms. The van der Waals surface area contributed by atoms with Crippen LogP contribution in [0.3, 0.4) is 0 Å². The minimum absolute atomic E-state index is 0. The van der Waals surface area contributed by atoms with Gasteiger partial charge >= 0.3 is 0 Å². The minimum atomic E-state index is 0. The predicted molar refractivity (Wildman–Crippen MR) is 104 cm³/mol. The summed E-state index contributed by atoms with van der Waals surface area (Å²) in [6.07, 6.45) is 12.3. The van der Waals surface area contributed by atoms with E-state index in [0.717, 1.165) is 38.1 Å². The van der Waals surface area contributed by atoms with Crippen molar-refractivity contribution >= 4 is 11.2 Å². The summed E-state index contributed by atoms with van der Waals surface area (Å²) < 4.78 is 7.88. The first-order valence-electron chi connectivity index (χ1n) is 9.63. The molecule has 0 saturated carbocycles. The maximum Gasteiger partial charge on any atom is 0.156 e. The molecular weight excluding hydrogens is 324 g/mol. The number of hydrogen-bond donors (Lipinski definition) is 0. The third kappa shape index (κ3) is 2.97. The van der Waals surface area contributed by atoms with Crippen LogP contribution in [0.5, 0.6) is 0 Å². The summed E-state index contributed by atoms with van der Waals surface area (Å²) in [4.78, 5) is 12.1. The molecule has 26 heavy (non-hydrogen) atoms. The molecule has 2 fully saturated rings. The lowest BCUT2D eigenvalue weighted by Gasteiger charge is -2.27. The summed E-state index contributed by atoms with van der Waals surface area (Å²) in [6.45, 7) is 4.10. The van der Waals surface area contributed by atoms with Gasteiger partial charge in [-0.25, -0.2) is 4.98 Å². The molecule has 1 aliphatic carbocycles. The molecule has 5 heteroatoms. The quantitative estimate of drug-likeness (QED) is 0.827. The van der Waals surface area contributed by atoms with Gasteiger partial charge in [-0.2, -0.15) is 0 Å². The molecule has 2 aliphatic heterocycles. The van der Waals surface area contributed by atoms with Crippen molar-refractivity contribution in [1.82, 2.24) is 19.3 Å². The SMILES string of the molecule is C.CN1CCC(c2cn3c4c(ncc3n2)CC=C4C2CCOCC2)CC1. The van der Waals surface area contributed by atoms with Crippen molar-refractivity contribution in [3.8, 4) is 0 Å². The third-order valence-corrected chi connectivity index (χ3v) is 6.19. The van der Waals surface area contributed by atoms with Gasteiger partial charge in [-0.3, -0.25) is 9.38 Å². The van der Waals surface area contributed by atoms with Gasteiger partial charge in [0.25, 0.3) is 0 Å². The van der Waals surface area contributed by atoms with Gasteiger partial charge in [0.05, 0.1) is 23.3 Å². The van der Waals surface area contributed by atoms with Gasteiger partial charge in [-0.1, -0.05) is 13.5 Å². The first kappa shape index (κ1) is 17.7. The molecule has 0 radical (unpaired) electrons. The van der Waals surface area contributed by atoms with E-state index in [1.165, 1.54) is 48.6 Å². The second kappa shape index (κ2) is 7.12. The standard InChI is InChI=1S/C20H26N4O.CH4/c1-23-8-4-15(5-9-23)18-13-24-19(22-18)12-21-17-3-2-16(20(17)24)14-6-10-25-11-7-14;/h2,12-15H,3-11H2,1H3;1H4. The smallest absolute Gasteiger partial charge is 0.156 e. The van der Waals surface area contributed by atoms with Crippen LogP contribution in [0, 0.1) is 5.92 Å². The lowest BCUT2D eigenvalue weighted by atomic mass is 9.90. The number of ether oxygens (including phenoxy) is 1. The van der Waals surface area contributed by atoms with Crippen molar-refractivity contribution in [3.05, 3.63) is 35.6 Å². The molecule has 0 bridgehead atoms. The van der Waals surface area contributed by atoms with Gasteiger partial charge in [0.2, 0.25) is 0 Å². The van der Waals surface area contributed by atoms with E-state index in [0.29, 0.717) is 11.8 Å². The molecule has 2 aromatic rings. The number of likely N-dealkylation sites (tertiary alicyclic amines) is 1. The van der Waals surface area contributed by atoms with Crippen LogP contribution in [-0.2, 0) is 11.2 Å². The number of aromatic nitrogens is 3. The molecule has 0 unspecified atom stereocenters. The Bertz CT molecular complexity index is 811. The lowest BCUT2D eigenvalue weighted by Crippen LogP contribution is -2.29. The molecule has 140 valence electrons. The molecule has 0 aromatic carbocycles. The zero-order chi connectivity index (χ0) is 16.8. The Morgan fingerprint density at radius 1 is 1.08 bits per heavy atom. The van der Waals surface area contributed by atoms with Crippen molar-refractivity contribution in [2.24, 2.45) is 5.92 Å². The van der Waals surface area contributed by atoms with E-state index in [9.17, 15) is 0 Å². The maximum absolute atomic E-state index is 5.56. The molecule has 4 heterocycles. The monoisotopic (exact) mass is 354 g/mol. The van der Waals surface area contributed by atoms with E-state index in [-0.39, 0.29) is 7.43 Å². The zero-order valence-electron chi connectivity index (χ0n) is 14.9. The molecular formula is C21H30N4O. The summed E-state index contributed by atoms with van der Waals surface area (Å²) in [5.41, 5.74) is 6.26. The Morgan fingerprint density at radius 3 is 2.62 bits per heavy atom. The fourth-order valence-electron chi connectivity index (χ4n) is 4.65. The van der Waals surface area contributed by atoms with Crippen molar-refractivity contribution < 1.29 is 4.74 Å². The molecule has 3 aliphatic rings. The fraction of sp³-hybridized carbons (Fsp3) is 0.619. The van der Waals surface area contributed by atoms with Gasteiger partial charge < -0.3 is 9.64 Å². The third-order valence-electron chi connectivity index (χ3n) is 6.19. The van der Waals surface area contributed by atoms with Gasteiger partial charge in [0.1, 0.15) is 0 Å². The first-order chi connectivity index (χ1) is 12.3. The van der Waals surface area contributed by atoms with E-state index in [4.69, 9.17) is 14.7 Å². The van der Waals surface area contributed by atoms with Crippen LogP contribution in [0.4, 0.5) is 0 Å². The number of allylic oxidation sites excluding steroid dienone is 2. The van der Waals surface area contributed by atoms with Crippen LogP contribution in [0.15, 0.2) is 18.5 Å². The van der Waals surface area contributed by atoms with Crippen LogP contribution in [0.25, 0.3) is 11.2 Å². The second-order valence-electron chi connectivity index (χ2n) is 7.78. The number of rotatable bonds is 2. The van der Waals surface area contributed by atoms with Crippen LogP contribution in [0.2, 0.25) is 0 Å². The summed E-state index contributed by atoms with van der Waals surface area (Å²) >= 11 is 0. The highest BCUT2D eigenvalue weighted by molar-refractivity contribution is 5.73. The van der Waals surface area contributed by atoms with Crippen LogP contribution >= 0.6 is 0 Å². The molecule has 0 N–H and O–H groups in total.